The van der Waals surface area contributed by atoms with Crippen molar-refractivity contribution in [1.29, 1.82) is 0 Å². The Bertz CT molecular complexity index is 710. The summed E-state index contributed by atoms with van der Waals surface area (Å²) in [6.45, 7) is 1.64. The zero-order valence-electron chi connectivity index (χ0n) is 15.5. The van der Waals surface area contributed by atoms with Crippen LogP contribution in [0.1, 0.15) is 55.8 Å². The normalized spacial score (nSPS) is 32.2. The molecule has 1 amide bonds. The molecule has 4 aliphatic rings. The minimum Gasteiger partial charge on any atom is -0.452 e. The molecular formula is C21H25ClFNO3. The molecular weight excluding hydrogens is 369 g/mol. The molecule has 0 aliphatic heterocycles. The van der Waals surface area contributed by atoms with Crippen LogP contribution in [0.4, 0.5) is 4.39 Å². The maximum atomic E-state index is 13.8. The largest absolute Gasteiger partial charge is 0.452 e. The first-order chi connectivity index (χ1) is 12.9. The second-order valence-corrected chi connectivity index (χ2v) is 9.15. The van der Waals surface area contributed by atoms with Crippen molar-refractivity contribution in [2.24, 2.45) is 23.2 Å². The number of amides is 1. The minimum absolute atomic E-state index is 0.0256. The van der Waals surface area contributed by atoms with E-state index in [1.54, 1.807) is 0 Å². The van der Waals surface area contributed by atoms with Gasteiger partial charge in [0.15, 0.2) is 6.61 Å². The maximum absolute atomic E-state index is 13.8. The van der Waals surface area contributed by atoms with Crippen molar-refractivity contribution < 1.29 is 18.7 Å². The Morgan fingerprint density at radius 2 is 1.81 bits per heavy atom. The summed E-state index contributed by atoms with van der Waals surface area (Å²) < 4.78 is 18.8. The van der Waals surface area contributed by atoms with E-state index in [1.165, 1.54) is 50.7 Å². The molecule has 1 unspecified atom stereocenters. The standard InChI is InChI=1S/C21H25ClFNO3/c1-12(21-8-13-5-14(9-21)7-15(6-13)10-21)24-18(25)11-27-20(26)19-16(22)3-2-4-17(19)23/h2-4,12-15H,5-11H2,1H3,(H,24,25). The van der Waals surface area contributed by atoms with Crippen LogP contribution in [0.15, 0.2) is 18.2 Å². The van der Waals surface area contributed by atoms with Crippen LogP contribution in [0.25, 0.3) is 0 Å². The van der Waals surface area contributed by atoms with Crippen molar-refractivity contribution >= 4 is 23.5 Å². The second-order valence-electron chi connectivity index (χ2n) is 8.74. The topological polar surface area (TPSA) is 55.4 Å². The summed E-state index contributed by atoms with van der Waals surface area (Å²) in [4.78, 5) is 24.4. The fraction of sp³-hybridized carbons (Fsp3) is 0.619. The van der Waals surface area contributed by atoms with E-state index in [0.717, 1.165) is 23.8 Å². The monoisotopic (exact) mass is 393 g/mol. The molecule has 1 aromatic rings. The lowest BCUT2D eigenvalue weighted by Crippen LogP contribution is -2.56. The summed E-state index contributed by atoms with van der Waals surface area (Å²) in [5, 5.41) is 3.00. The Morgan fingerprint density at radius 3 is 2.37 bits per heavy atom. The number of hydrogen-bond acceptors (Lipinski definition) is 3. The van der Waals surface area contributed by atoms with E-state index in [-0.39, 0.29) is 28.0 Å². The first kappa shape index (κ1) is 18.7. The third-order valence-corrected chi connectivity index (χ3v) is 7.20. The van der Waals surface area contributed by atoms with Gasteiger partial charge in [0.2, 0.25) is 0 Å². The molecule has 4 saturated carbocycles. The fourth-order valence-corrected chi connectivity index (χ4v) is 6.28. The lowest BCUT2D eigenvalue weighted by molar-refractivity contribution is -0.128. The highest BCUT2D eigenvalue weighted by Gasteiger charge is 2.53. The summed E-state index contributed by atoms with van der Waals surface area (Å²) in [6, 6.07) is 4.01. The molecule has 0 radical (unpaired) electrons. The van der Waals surface area contributed by atoms with E-state index in [4.69, 9.17) is 16.3 Å². The molecule has 1 atom stereocenters. The van der Waals surface area contributed by atoms with E-state index in [2.05, 4.69) is 12.2 Å². The van der Waals surface area contributed by atoms with E-state index in [9.17, 15) is 14.0 Å². The quantitative estimate of drug-likeness (QED) is 0.756. The van der Waals surface area contributed by atoms with Gasteiger partial charge in [-0.3, -0.25) is 4.79 Å². The molecule has 5 rings (SSSR count). The van der Waals surface area contributed by atoms with Gasteiger partial charge in [-0.2, -0.15) is 0 Å². The van der Waals surface area contributed by atoms with Crippen molar-refractivity contribution in [2.45, 2.75) is 51.5 Å². The number of carbonyl (C=O) groups excluding carboxylic acids is 2. The number of rotatable bonds is 5. The average Bonchev–Trinajstić information content (AvgIpc) is 2.58. The van der Waals surface area contributed by atoms with Crippen LogP contribution < -0.4 is 5.32 Å². The maximum Gasteiger partial charge on any atom is 0.343 e. The summed E-state index contributed by atoms with van der Waals surface area (Å²) in [7, 11) is 0. The first-order valence-corrected chi connectivity index (χ1v) is 10.1. The van der Waals surface area contributed by atoms with Gasteiger partial charge in [-0.15, -0.1) is 0 Å². The Kier molecular flexibility index (Phi) is 4.91. The molecule has 27 heavy (non-hydrogen) atoms. The zero-order valence-corrected chi connectivity index (χ0v) is 16.2. The highest BCUT2D eigenvalue weighted by molar-refractivity contribution is 6.33. The number of carbonyl (C=O) groups is 2. The number of nitrogens with one attached hydrogen (secondary N) is 1. The molecule has 4 aliphatic carbocycles. The van der Waals surface area contributed by atoms with E-state index in [1.807, 2.05) is 0 Å². The molecule has 0 aromatic heterocycles. The van der Waals surface area contributed by atoms with E-state index in [0.29, 0.717) is 0 Å². The van der Waals surface area contributed by atoms with Gasteiger partial charge in [-0.05, 0) is 80.8 Å². The molecule has 0 heterocycles. The molecule has 1 aromatic carbocycles. The second kappa shape index (κ2) is 7.08. The van der Waals surface area contributed by atoms with Crippen LogP contribution >= 0.6 is 11.6 Å². The summed E-state index contributed by atoms with van der Waals surface area (Å²) in [5.74, 6) is 0.384. The molecule has 0 spiro atoms. The van der Waals surface area contributed by atoms with Gasteiger partial charge in [-0.1, -0.05) is 17.7 Å². The zero-order chi connectivity index (χ0) is 19.2. The van der Waals surface area contributed by atoms with Crippen molar-refractivity contribution in [3.05, 3.63) is 34.6 Å². The van der Waals surface area contributed by atoms with E-state index >= 15 is 0 Å². The van der Waals surface area contributed by atoms with Gasteiger partial charge in [-0.25, -0.2) is 9.18 Å². The van der Waals surface area contributed by atoms with Gasteiger partial charge >= 0.3 is 5.97 Å². The Morgan fingerprint density at radius 1 is 1.22 bits per heavy atom. The van der Waals surface area contributed by atoms with Gasteiger partial charge in [0, 0.05) is 6.04 Å². The molecule has 0 saturated heterocycles. The minimum atomic E-state index is -0.921. The van der Waals surface area contributed by atoms with Crippen LogP contribution in [-0.4, -0.2) is 24.5 Å². The predicted molar refractivity (Wildman–Crippen MR) is 99.9 cm³/mol. The molecule has 4 nitrogen and oxygen atoms in total. The van der Waals surface area contributed by atoms with Gasteiger partial charge in [0.1, 0.15) is 11.4 Å². The highest BCUT2D eigenvalue weighted by Crippen LogP contribution is 2.61. The van der Waals surface area contributed by atoms with Crippen LogP contribution in [0.5, 0.6) is 0 Å². The third kappa shape index (κ3) is 3.58. The lowest BCUT2D eigenvalue weighted by Gasteiger charge is -2.59. The van der Waals surface area contributed by atoms with Crippen LogP contribution in [0.3, 0.4) is 0 Å². The van der Waals surface area contributed by atoms with Crippen LogP contribution in [-0.2, 0) is 9.53 Å². The Balaban J connectivity index is 1.34. The van der Waals surface area contributed by atoms with Crippen LogP contribution in [0.2, 0.25) is 5.02 Å². The van der Waals surface area contributed by atoms with Crippen molar-refractivity contribution in [3.63, 3.8) is 0 Å². The first-order valence-electron chi connectivity index (χ1n) is 9.77. The Hall–Kier alpha value is -1.62. The number of halogens is 2. The van der Waals surface area contributed by atoms with Gasteiger partial charge in [0.25, 0.3) is 5.91 Å². The van der Waals surface area contributed by atoms with Crippen molar-refractivity contribution in [1.82, 2.24) is 5.32 Å². The number of hydrogen-bond donors (Lipinski definition) is 1. The van der Waals surface area contributed by atoms with Gasteiger partial charge in [0.05, 0.1) is 5.02 Å². The molecule has 1 N–H and O–H groups in total. The summed E-state index contributed by atoms with van der Waals surface area (Å²) in [6.07, 6.45) is 7.60. The third-order valence-electron chi connectivity index (χ3n) is 6.88. The highest BCUT2D eigenvalue weighted by atomic mass is 35.5. The fourth-order valence-electron chi connectivity index (χ4n) is 6.04. The van der Waals surface area contributed by atoms with Crippen LogP contribution in [0, 0.1) is 29.0 Å². The summed E-state index contributed by atoms with van der Waals surface area (Å²) >= 11 is 5.86. The van der Waals surface area contributed by atoms with Gasteiger partial charge < -0.3 is 10.1 Å². The molecule has 146 valence electrons. The van der Waals surface area contributed by atoms with Crippen molar-refractivity contribution in [2.75, 3.05) is 6.61 Å². The smallest absolute Gasteiger partial charge is 0.343 e. The van der Waals surface area contributed by atoms with E-state index < -0.39 is 18.4 Å². The predicted octanol–water partition coefficient (Wildman–Crippen LogP) is 4.36. The number of esters is 1. The molecule has 6 heteroatoms. The Labute approximate surface area is 163 Å². The molecule has 4 bridgehead atoms. The number of benzene rings is 1. The summed E-state index contributed by atoms with van der Waals surface area (Å²) in [5.41, 5.74) is -0.149. The lowest BCUT2D eigenvalue weighted by atomic mass is 9.48. The number of ether oxygens (including phenoxy) is 1. The average molecular weight is 394 g/mol. The van der Waals surface area contributed by atoms with Crippen molar-refractivity contribution in [3.8, 4) is 0 Å². The molecule has 4 fully saturated rings. The SMILES string of the molecule is CC(NC(=O)COC(=O)c1c(F)cccc1Cl)C12CC3CC(CC(C3)C1)C2.